The fourth-order valence-corrected chi connectivity index (χ4v) is 4.64. The first-order valence-electron chi connectivity index (χ1n) is 9.06. The lowest BCUT2D eigenvalue weighted by Crippen LogP contribution is -2.28. The highest BCUT2D eigenvalue weighted by Gasteiger charge is 2.17. The Morgan fingerprint density at radius 3 is 2.69 bits per heavy atom. The number of nitrogens with zero attached hydrogens (tertiary/aromatic N) is 3. The van der Waals surface area contributed by atoms with Crippen molar-refractivity contribution in [1.29, 1.82) is 0 Å². The predicted molar refractivity (Wildman–Crippen MR) is 104 cm³/mol. The Hall–Kier alpha value is -2.41. The van der Waals surface area contributed by atoms with Gasteiger partial charge in [0.05, 0.1) is 16.7 Å². The zero-order chi connectivity index (χ0) is 18.1. The van der Waals surface area contributed by atoms with E-state index in [1.165, 1.54) is 28.7 Å². The Morgan fingerprint density at radius 2 is 1.88 bits per heavy atom. The Kier molecular flexibility index (Phi) is 4.63. The summed E-state index contributed by atoms with van der Waals surface area (Å²) in [5, 5.41) is 3.54. The molecule has 1 amide bonds. The van der Waals surface area contributed by atoms with Crippen molar-refractivity contribution in [3.8, 4) is 0 Å². The Balaban J connectivity index is 1.54. The van der Waals surface area contributed by atoms with Crippen LogP contribution >= 0.6 is 11.3 Å². The molecule has 2 heterocycles. The van der Waals surface area contributed by atoms with E-state index in [0.717, 1.165) is 36.0 Å². The average molecular weight is 370 g/mol. The number of amides is 1. The molecular weight excluding hydrogens is 348 g/mol. The number of fused-ring (bicyclic) bond motifs is 2. The Bertz CT molecular complexity index is 989. The first kappa shape index (κ1) is 17.0. The van der Waals surface area contributed by atoms with Gasteiger partial charge in [0.2, 0.25) is 5.91 Å². The largest absolute Gasteiger partial charge is 0.329 e. The number of carbonyl (C=O) groups is 1. The van der Waals surface area contributed by atoms with E-state index in [0.29, 0.717) is 5.13 Å². The molecule has 0 aliphatic heterocycles. The van der Waals surface area contributed by atoms with Crippen LogP contribution in [0.15, 0.2) is 29.1 Å². The number of nitrogens with one attached hydrogen (secondary N) is 1. The molecule has 0 unspecified atom stereocenters. The Morgan fingerprint density at radius 1 is 1.15 bits per heavy atom. The van der Waals surface area contributed by atoms with Crippen LogP contribution in [-0.2, 0) is 31.2 Å². The van der Waals surface area contributed by atoms with Crippen LogP contribution in [0, 0.1) is 0 Å². The van der Waals surface area contributed by atoms with Crippen LogP contribution in [0.3, 0.4) is 0 Å². The molecule has 6 nitrogen and oxygen atoms in total. The number of thiazole rings is 1. The van der Waals surface area contributed by atoms with Crippen molar-refractivity contribution in [2.75, 3.05) is 5.32 Å². The second kappa shape index (κ2) is 7.07. The summed E-state index contributed by atoms with van der Waals surface area (Å²) in [4.78, 5) is 30.9. The molecule has 0 saturated carbocycles. The lowest BCUT2D eigenvalue weighted by Gasteiger charge is -2.06. The molecule has 2 aromatic heterocycles. The molecule has 0 bridgehead atoms. The first-order valence-corrected chi connectivity index (χ1v) is 9.88. The monoisotopic (exact) mass is 370 g/mol. The van der Waals surface area contributed by atoms with Crippen molar-refractivity contribution in [2.24, 2.45) is 7.05 Å². The van der Waals surface area contributed by atoms with Crippen LogP contribution in [0.1, 0.15) is 36.3 Å². The number of anilines is 1. The number of rotatable bonds is 3. The van der Waals surface area contributed by atoms with Crippen molar-refractivity contribution < 1.29 is 4.79 Å². The molecule has 1 aliphatic carbocycles. The van der Waals surface area contributed by atoms with E-state index in [1.54, 1.807) is 23.0 Å². The normalized spacial score (nSPS) is 14.7. The van der Waals surface area contributed by atoms with Gasteiger partial charge in [-0.15, -0.1) is 11.3 Å². The zero-order valence-electron chi connectivity index (χ0n) is 14.8. The summed E-state index contributed by atoms with van der Waals surface area (Å²) >= 11 is 1.57. The van der Waals surface area contributed by atoms with Gasteiger partial charge in [0, 0.05) is 11.9 Å². The summed E-state index contributed by atoms with van der Waals surface area (Å²) in [6.45, 7) is -0.00949. The molecule has 1 N–H and O–H groups in total. The quantitative estimate of drug-likeness (QED) is 0.770. The van der Waals surface area contributed by atoms with Gasteiger partial charge in [-0.2, -0.15) is 0 Å². The highest BCUT2D eigenvalue weighted by atomic mass is 32.1. The number of carbonyl (C=O) groups excluding carboxylic acids is 1. The standard InChI is InChI=1S/C19H22N4O2S/c1-22-14-9-6-7-10-15(14)23(19(22)25)12-17(24)21-18-20-13-8-4-2-3-5-11-16(13)26-18/h6-7,9-10H,2-5,8,11-12H2,1H3,(H,20,21,24). The third kappa shape index (κ3) is 3.19. The van der Waals surface area contributed by atoms with Crippen LogP contribution in [0.25, 0.3) is 11.0 Å². The van der Waals surface area contributed by atoms with Gasteiger partial charge in [0.15, 0.2) is 5.13 Å². The molecule has 1 aliphatic rings. The van der Waals surface area contributed by atoms with E-state index < -0.39 is 0 Å². The minimum Gasteiger partial charge on any atom is -0.300 e. The zero-order valence-corrected chi connectivity index (χ0v) is 15.6. The van der Waals surface area contributed by atoms with Gasteiger partial charge < -0.3 is 5.32 Å². The highest BCUT2D eigenvalue weighted by molar-refractivity contribution is 7.15. The van der Waals surface area contributed by atoms with Crippen LogP contribution < -0.4 is 11.0 Å². The van der Waals surface area contributed by atoms with Gasteiger partial charge in [0.25, 0.3) is 0 Å². The number of hydrogen-bond acceptors (Lipinski definition) is 4. The third-order valence-electron chi connectivity index (χ3n) is 4.95. The van der Waals surface area contributed by atoms with Crippen molar-refractivity contribution >= 4 is 33.4 Å². The van der Waals surface area contributed by atoms with Crippen molar-refractivity contribution in [1.82, 2.24) is 14.1 Å². The summed E-state index contributed by atoms with van der Waals surface area (Å²) in [5.41, 5.74) is 2.53. The molecule has 4 rings (SSSR count). The predicted octanol–water partition coefficient (Wildman–Crippen LogP) is 3.09. The fraction of sp³-hybridized carbons (Fsp3) is 0.421. The van der Waals surface area contributed by atoms with Crippen molar-refractivity contribution in [2.45, 2.75) is 45.1 Å². The molecule has 0 radical (unpaired) electrons. The maximum atomic E-state index is 12.5. The molecule has 1 aromatic carbocycles. The molecule has 3 aromatic rings. The van der Waals surface area contributed by atoms with Crippen LogP contribution in [0.4, 0.5) is 5.13 Å². The number of benzene rings is 1. The maximum absolute atomic E-state index is 12.5. The molecule has 26 heavy (non-hydrogen) atoms. The minimum atomic E-state index is -0.217. The average Bonchev–Trinajstić information content (AvgIpc) is 3.09. The number of aromatic nitrogens is 3. The molecular formula is C19H22N4O2S. The summed E-state index contributed by atoms with van der Waals surface area (Å²) in [6, 6.07) is 7.50. The van der Waals surface area contributed by atoms with Gasteiger partial charge in [-0.25, -0.2) is 9.78 Å². The molecule has 7 heteroatoms. The van der Waals surface area contributed by atoms with E-state index in [9.17, 15) is 9.59 Å². The lowest BCUT2D eigenvalue weighted by molar-refractivity contribution is -0.116. The molecule has 0 atom stereocenters. The van der Waals surface area contributed by atoms with Gasteiger partial charge in [-0.3, -0.25) is 13.9 Å². The van der Waals surface area contributed by atoms with E-state index in [1.807, 2.05) is 24.3 Å². The Labute approximate surface area is 155 Å². The number of imidazole rings is 1. The van der Waals surface area contributed by atoms with Crippen molar-refractivity contribution in [3.63, 3.8) is 0 Å². The van der Waals surface area contributed by atoms with E-state index in [2.05, 4.69) is 10.3 Å². The van der Waals surface area contributed by atoms with Crippen molar-refractivity contribution in [3.05, 3.63) is 45.3 Å². The summed E-state index contributed by atoms with van der Waals surface area (Å²) in [5.74, 6) is -0.217. The SMILES string of the molecule is Cn1c(=O)n(CC(=O)Nc2nc3c(s2)CCCCCC3)c2ccccc21. The summed E-state index contributed by atoms with van der Waals surface area (Å²) < 4.78 is 3.08. The van der Waals surface area contributed by atoms with Gasteiger partial charge in [-0.05, 0) is 37.8 Å². The topological polar surface area (TPSA) is 68.9 Å². The number of aryl methyl sites for hydroxylation is 3. The van der Waals surface area contributed by atoms with Crippen LogP contribution in [0.5, 0.6) is 0 Å². The van der Waals surface area contributed by atoms with E-state index in [-0.39, 0.29) is 18.1 Å². The molecule has 0 fully saturated rings. The van der Waals surface area contributed by atoms with Gasteiger partial charge >= 0.3 is 5.69 Å². The number of para-hydroxylation sites is 2. The summed E-state index contributed by atoms with van der Waals surface area (Å²) in [7, 11) is 1.72. The van der Waals surface area contributed by atoms with E-state index >= 15 is 0 Å². The third-order valence-corrected chi connectivity index (χ3v) is 6.02. The first-order chi connectivity index (χ1) is 12.6. The van der Waals surface area contributed by atoms with Crippen LogP contribution in [0.2, 0.25) is 0 Å². The fourth-order valence-electron chi connectivity index (χ4n) is 3.58. The summed E-state index contributed by atoms with van der Waals surface area (Å²) in [6.07, 6.45) is 6.91. The smallest absolute Gasteiger partial charge is 0.300 e. The number of hydrogen-bond donors (Lipinski definition) is 1. The van der Waals surface area contributed by atoms with Crippen LogP contribution in [-0.4, -0.2) is 20.0 Å². The second-order valence-corrected chi connectivity index (χ2v) is 7.85. The molecule has 0 saturated heterocycles. The molecule has 0 spiro atoms. The van der Waals surface area contributed by atoms with Gasteiger partial charge in [0.1, 0.15) is 6.54 Å². The highest BCUT2D eigenvalue weighted by Crippen LogP contribution is 2.28. The van der Waals surface area contributed by atoms with E-state index in [4.69, 9.17) is 0 Å². The second-order valence-electron chi connectivity index (χ2n) is 6.77. The molecule has 136 valence electrons. The minimum absolute atomic E-state index is 0.00949. The lowest BCUT2D eigenvalue weighted by atomic mass is 10.0. The maximum Gasteiger partial charge on any atom is 0.329 e. The van der Waals surface area contributed by atoms with Gasteiger partial charge in [-0.1, -0.05) is 25.0 Å².